The summed E-state index contributed by atoms with van der Waals surface area (Å²) in [5.41, 5.74) is 6.88. The van der Waals surface area contributed by atoms with Crippen LogP contribution in [0.15, 0.2) is 53.1 Å². The third-order valence-electron chi connectivity index (χ3n) is 8.14. The van der Waals surface area contributed by atoms with Crippen molar-refractivity contribution in [1.29, 1.82) is 0 Å². The van der Waals surface area contributed by atoms with Gasteiger partial charge in [-0.3, -0.25) is 4.79 Å². The summed E-state index contributed by atoms with van der Waals surface area (Å²) in [6, 6.07) is 16.2. The number of rotatable bonds is 11. The van der Waals surface area contributed by atoms with Crippen LogP contribution in [0.3, 0.4) is 0 Å². The standard InChI is InChI=1S/C33H34N6O5S/c1-19-30(20(2)44-38-19)27-16-28-26(17-29(27)43-4)31-32(35-21(3)36-33(31)37-28)25-11-10-22(23-8-6-7-9-24(23)25)12-14-39(45(5,41)42)15-13-34-18-40/h6-11,16-18H,12-15H2,1-5H3,(H,34,40)(H,35,36,37). The summed E-state index contributed by atoms with van der Waals surface area (Å²) in [7, 11) is -1.81. The van der Waals surface area contributed by atoms with E-state index >= 15 is 0 Å². The van der Waals surface area contributed by atoms with Gasteiger partial charge < -0.3 is 19.6 Å². The van der Waals surface area contributed by atoms with Crippen molar-refractivity contribution in [2.75, 3.05) is 33.0 Å². The number of methoxy groups -OCH3 is 1. The molecule has 232 valence electrons. The van der Waals surface area contributed by atoms with Crippen LogP contribution in [-0.2, 0) is 21.2 Å². The second-order valence-electron chi connectivity index (χ2n) is 11.1. The van der Waals surface area contributed by atoms with Crippen molar-refractivity contribution in [3.8, 4) is 28.1 Å². The molecule has 3 heterocycles. The molecule has 0 fully saturated rings. The number of benzene rings is 3. The van der Waals surface area contributed by atoms with Crippen LogP contribution in [0.4, 0.5) is 0 Å². The van der Waals surface area contributed by atoms with E-state index in [2.05, 4.69) is 21.5 Å². The van der Waals surface area contributed by atoms with Crippen molar-refractivity contribution in [3.63, 3.8) is 0 Å². The minimum Gasteiger partial charge on any atom is -0.496 e. The summed E-state index contributed by atoms with van der Waals surface area (Å²) in [6.07, 6.45) is 2.26. The van der Waals surface area contributed by atoms with Gasteiger partial charge in [-0.15, -0.1) is 0 Å². The van der Waals surface area contributed by atoms with E-state index in [-0.39, 0.29) is 19.6 Å². The molecule has 0 unspecified atom stereocenters. The van der Waals surface area contributed by atoms with E-state index in [4.69, 9.17) is 19.2 Å². The van der Waals surface area contributed by atoms with Gasteiger partial charge in [-0.05, 0) is 55.7 Å². The number of ether oxygens (including phenoxy) is 1. The number of hydrogen-bond acceptors (Lipinski definition) is 8. The van der Waals surface area contributed by atoms with Gasteiger partial charge in [0.1, 0.15) is 23.0 Å². The zero-order valence-corrected chi connectivity index (χ0v) is 26.6. The Bertz CT molecular complexity index is 2170. The predicted octanol–water partition coefficient (Wildman–Crippen LogP) is 5.07. The zero-order chi connectivity index (χ0) is 31.9. The normalized spacial score (nSPS) is 12.0. The number of H-pyrrole nitrogens is 1. The van der Waals surface area contributed by atoms with Gasteiger partial charge in [0.05, 0.1) is 35.7 Å². The highest BCUT2D eigenvalue weighted by Crippen LogP contribution is 2.42. The lowest BCUT2D eigenvalue weighted by Gasteiger charge is -2.20. The Kier molecular flexibility index (Phi) is 8.02. The molecule has 0 spiro atoms. The van der Waals surface area contributed by atoms with Crippen molar-refractivity contribution >= 4 is 49.1 Å². The van der Waals surface area contributed by atoms with Gasteiger partial charge in [0.15, 0.2) is 0 Å². The minimum absolute atomic E-state index is 0.202. The Morgan fingerprint density at radius 3 is 2.47 bits per heavy atom. The summed E-state index contributed by atoms with van der Waals surface area (Å²) in [5, 5.41) is 10.5. The molecule has 3 aromatic heterocycles. The Morgan fingerprint density at radius 1 is 1.00 bits per heavy atom. The highest BCUT2D eigenvalue weighted by Gasteiger charge is 2.22. The fraction of sp³-hybridized carbons (Fsp3) is 0.273. The largest absolute Gasteiger partial charge is 0.496 e. The molecule has 0 aliphatic rings. The van der Waals surface area contributed by atoms with Crippen LogP contribution in [0, 0.1) is 20.8 Å². The van der Waals surface area contributed by atoms with Crippen LogP contribution in [-0.4, -0.2) is 72.2 Å². The van der Waals surface area contributed by atoms with Gasteiger partial charge >= 0.3 is 0 Å². The van der Waals surface area contributed by atoms with E-state index in [0.29, 0.717) is 35.8 Å². The fourth-order valence-corrected chi connectivity index (χ4v) is 6.93. The number of carbonyl (C=O) groups is 1. The third-order valence-corrected chi connectivity index (χ3v) is 9.45. The molecule has 0 aliphatic heterocycles. The van der Waals surface area contributed by atoms with Gasteiger partial charge in [0, 0.05) is 41.7 Å². The second-order valence-corrected chi connectivity index (χ2v) is 13.0. The molecule has 11 nitrogen and oxygen atoms in total. The van der Waals surface area contributed by atoms with Crippen molar-refractivity contribution in [3.05, 3.63) is 71.4 Å². The molecule has 0 saturated heterocycles. The number of carbonyl (C=O) groups excluding carboxylic acids is 1. The van der Waals surface area contributed by atoms with E-state index in [9.17, 15) is 13.2 Å². The molecule has 0 saturated carbocycles. The number of fused-ring (bicyclic) bond motifs is 4. The van der Waals surface area contributed by atoms with Crippen molar-refractivity contribution in [2.45, 2.75) is 27.2 Å². The molecule has 0 radical (unpaired) electrons. The van der Waals surface area contributed by atoms with Crippen LogP contribution < -0.4 is 10.1 Å². The van der Waals surface area contributed by atoms with Crippen LogP contribution in [0.5, 0.6) is 5.75 Å². The molecular formula is C33H34N6O5S. The number of aromatic nitrogens is 4. The van der Waals surface area contributed by atoms with E-state index in [0.717, 1.165) is 60.7 Å². The molecule has 6 aromatic rings. The number of aromatic amines is 1. The topological polar surface area (TPSA) is 143 Å². The summed E-state index contributed by atoms with van der Waals surface area (Å²) in [4.78, 5) is 23.9. The Morgan fingerprint density at radius 2 is 1.78 bits per heavy atom. The summed E-state index contributed by atoms with van der Waals surface area (Å²) in [5.74, 6) is 2.02. The second kappa shape index (κ2) is 11.9. The molecular weight excluding hydrogens is 592 g/mol. The number of aryl methyl sites for hydroxylation is 3. The van der Waals surface area contributed by atoms with Crippen LogP contribution >= 0.6 is 0 Å². The number of hydrogen-bond donors (Lipinski definition) is 2. The van der Waals surface area contributed by atoms with Crippen molar-refractivity contribution in [2.24, 2.45) is 0 Å². The Balaban J connectivity index is 1.48. The maximum Gasteiger partial charge on any atom is 0.211 e. The van der Waals surface area contributed by atoms with E-state index < -0.39 is 10.0 Å². The Hall–Kier alpha value is -4.81. The summed E-state index contributed by atoms with van der Waals surface area (Å²) in [6.45, 7) is 6.40. The van der Waals surface area contributed by atoms with Crippen molar-refractivity contribution in [1.82, 2.24) is 29.7 Å². The lowest BCUT2D eigenvalue weighted by Crippen LogP contribution is -2.37. The smallest absolute Gasteiger partial charge is 0.211 e. The van der Waals surface area contributed by atoms with Crippen LogP contribution in [0.1, 0.15) is 22.8 Å². The minimum atomic E-state index is -3.45. The van der Waals surface area contributed by atoms with Crippen LogP contribution in [0.25, 0.3) is 55.1 Å². The van der Waals surface area contributed by atoms with Crippen LogP contribution in [0.2, 0.25) is 0 Å². The maximum absolute atomic E-state index is 12.4. The summed E-state index contributed by atoms with van der Waals surface area (Å²) >= 11 is 0. The molecule has 0 atom stereocenters. The van der Waals surface area contributed by atoms with Crippen molar-refractivity contribution < 1.29 is 22.5 Å². The fourth-order valence-electron chi connectivity index (χ4n) is 6.09. The first-order chi connectivity index (χ1) is 21.6. The molecule has 3 aromatic carbocycles. The van der Waals surface area contributed by atoms with Gasteiger partial charge in [0.25, 0.3) is 0 Å². The number of amides is 1. The third kappa shape index (κ3) is 5.62. The molecule has 6 rings (SSSR count). The average Bonchev–Trinajstić information content (AvgIpc) is 3.54. The van der Waals surface area contributed by atoms with Gasteiger partial charge in [-0.25, -0.2) is 22.7 Å². The number of nitrogens with zero attached hydrogens (tertiary/aromatic N) is 4. The lowest BCUT2D eigenvalue weighted by atomic mass is 9.94. The monoisotopic (exact) mass is 626 g/mol. The maximum atomic E-state index is 12.4. The molecule has 0 bridgehead atoms. The first kappa shape index (κ1) is 30.2. The molecule has 45 heavy (non-hydrogen) atoms. The van der Waals surface area contributed by atoms with E-state index in [1.54, 1.807) is 7.11 Å². The molecule has 2 N–H and O–H groups in total. The zero-order valence-electron chi connectivity index (χ0n) is 25.8. The predicted molar refractivity (Wildman–Crippen MR) is 175 cm³/mol. The number of nitrogens with one attached hydrogen (secondary N) is 2. The quantitative estimate of drug-likeness (QED) is 0.150. The highest BCUT2D eigenvalue weighted by atomic mass is 32.2. The molecule has 1 amide bonds. The average molecular weight is 627 g/mol. The van der Waals surface area contributed by atoms with Gasteiger partial charge in [-0.1, -0.05) is 41.6 Å². The highest BCUT2D eigenvalue weighted by molar-refractivity contribution is 7.88. The summed E-state index contributed by atoms with van der Waals surface area (Å²) < 4.78 is 37.6. The van der Waals surface area contributed by atoms with Gasteiger partial charge in [0.2, 0.25) is 16.4 Å². The van der Waals surface area contributed by atoms with E-state index in [1.165, 1.54) is 10.6 Å². The molecule has 12 heteroatoms. The van der Waals surface area contributed by atoms with E-state index in [1.807, 2.05) is 63.2 Å². The SMILES string of the molecule is COc1cc2c(cc1-c1c(C)noc1C)[nH]c1nc(C)nc(-c3ccc(CCN(CCNC=O)S(C)(=O)=O)c4ccccc34)c12. The number of sulfonamides is 1. The Labute approximate surface area is 260 Å². The first-order valence-electron chi connectivity index (χ1n) is 14.5. The lowest BCUT2D eigenvalue weighted by molar-refractivity contribution is -0.109. The first-order valence-corrected chi connectivity index (χ1v) is 16.4. The van der Waals surface area contributed by atoms with Gasteiger partial charge in [-0.2, -0.15) is 0 Å². The molecule has 0 aliphatic carbocycles.